The molecule has 19 heavy (non-hydrogen) atoms. The summed E-state index contributed by atoms with van der Waals surface area (Å²) in [5, 5.41) is 20.8. The van der Waals surface area contributed by atoms with E-state index in [0.29, 0.717) is 12.1 Å². The molecule has 0 bridgehead atoms. The van der Waals surface area contributed by atoms with Crippen molar-refractivity contribution in [1.29, 1.82) is 0 Å². The Morgan fingerprint density at radius 2 is 2.21 bits per heavy atom. The Kier molecular flexibility index (Phi) is 2.98. The van der Waals surface area contributed by atoms with Crippen LogP contribution in [0.25, 0.3) is 10.9 Å². The fourth-order valence-electron chi connectivity index (χ4n) is 2.64. The predicted octanol–water partition coefficient (Wildman–Crippen LogP) is 1.60. The summed E-state index contributed by atoms with van der Waals surface area (Å²) in [6.07, 6.45) is 5.33. The lowest BCUT2D eigenvalue weighted by Crippen LogP contribution is -2.40. The lowest BCUT2D eigenvalue weighted by atomic mass is 10.0. The van der Waals surface area contributed by atoms with Crippen molar-refractivity contribution in [2.75, 3.05) is 6.54 Å². The smallest absolute Gasteiger partial charge is 0.251 e. The third-order valence-electron chi connectivity index (χ3n) is 3.82. The molecule has 3 N–H and O–H groups in total. The first-order valence-electron chi connectivity index (χ1n) is 6.60. The molecule has 1 aliphatic carbocycles. The first kappa shape index (κ1) is 12.2. The number of fused-ring (bicyclic) bond motifs is 1. The molecule has 5 nitrogen and oxygen atoms in total. The van der Waals surface area contributed by atoms with Gasteiger partial charge in [0.2, 0.25) is 0 Å². The van der Waals surface area contributed by atoms with Crippen molar-refractivity contribution in [3.05, 3.63) is 30.0 Å². The lowest BCUT2D eigenvalue weighted by Gasteiger charge is -2.22. The highest BCUT2D eigenvalue weighted by Gasteiger charge is 2.31. The fourth-order valence-corrected chi connectivity index (χ4v) is 2.64. The number of rotatable bonds is 3. The standard InChI is InChI=1S/C14H17N3O2/c18-13(15-9-14(19)5-1-2-6-14)10-3-4-11-8-16-17-12(11)7-10/h3-4,7-8,19H,1-2,5-6,9H2,(H,15,18)(H,16,17). The highest BCUT2D eigenvalue weighted by Crippen LogP contribution is 2.28. The number of amides is 1. The van der Waals surface area contributed by atoms with E-state index in [1.807, 2.05) is 6.07 Å². The SMILES string of the molecule is O=C(NCC1(O)CCCC1)c1ccc2cn[nH]c2c1. The van der Waals surface area contributed by atoms with E-state index in [1.54, 1.807) is 18.3 Å². The van der Waals surface area contributed by atoms with Crippen LogP contribution in [0, 0.1) is 0 Å². The normalized spacial score (nSPS) is 17.7. The van der Waals surface area contributed by atoms with Crippen molar-refractivity contribution < 1.29 is 9.90 Å². The number of benzene rings is 1. The summed E-state index contributed by atoms with van der Waals surface area (Å²) in [5.41, 5.74) is 0.707. The van der Waals surface area contributed by atoms with Gasteiger partial charge in [0.05, 0.1) is 17.3 Å². The number of carbonyl (C=O) groups excluding carboxylic acids is 1. The van der Waals surface area contributed by atoms with Crippen LogP contribution in [0.4, 0.5) is 0 Å². The van der Waals surface area contributed by atoms with Gasteiger partial charge in [-0.15, -0.1) is 0 Å². The molecule has 5 heteroatoms. The summed E-state index contributed by atoms with van der Waals surface area (Å²) in [6, 6.07) is 5.40. The minimum atomic E-state index is -0.715. The number of aromatic amines is 1. The van der Waals surface area contributed by atoms with Crippen molar-refractivity contribution in [2.45, 2.75) is 31.3 Å². The highest BCUT2D eigenvalue weighted by molar-refractivity contribution is 5.97. The molecule has 1 aliphatic rings. The second-order valence-corrected chi connectivity index (χ2v) is 5.29. The van der Waals surface area contributed by atoms with Gasteiger partial charge in [0.25, 0.3) is 5.91 Å². The molecule has 1 amide bonds. The average molecular weight is 259 g/mol. The van der Waals surface area contributed by atoms with E-state index in [1.165, 1.54) is 0 Å². The minimum absolute atomic E-state index is 0.156. The number of hydrogen-bond donors (Lipinski definition) is 3. The molecule has 1 aromatic heterocycles. The minimum Gasteiger partial charge on any atom is -0.388 e. The molecular weight excluding hydrogens is 242 g/mol. The van der Waals surface area contributed by atoms with Gasteiger partial charge in [-0.3, -0.25) is 9.89 Å². The molecule has 1 fully saturated rings. The van der Waals surface area contributed by atoms with E-state index < -0.39 is 5.60 Å². The summed E-state index contributed by atoms with van der Waals surface area (Å²) >= 11 is 0. The predicted molar refractivity (Wildman–Crippen MR) is 71.8 cm³/mol. The Morgan fingerprint density at radius 3 is 3.00 bits per heavy atom. The Labute approximate surface area is 111 Å². The van der Waals surface area contributed by atoms with Gasteiger partial charge in [0, 0.05) is 17.5 Å². The van der Waals surface area contributed by atoms with Crippen LogP contribution in [0.2, 0.25) is 0 Å². The number of aromatic nitrogens is 2. The number of carbonyl (C=O) groups is 1. The Balaban J connectivity index is 1.69. The second kappa shape index (κ2) is 4.66. The van der Waals surface area contributed by atoms with Crippen LogP contribution in [0.3, 0.4) is 0 Å². The van der Waals surface area contributed by atoms with Gasteiger partial charge in [-0.2, -0.15) is 5.10 Å². The van der Waals surface area contributed by atoms with E-state index >= 15 is 0 Å². The molecule has 0 aliphatic heterocycles. The Bertz CT molecular complexity index is 600. The maximum Gasteiger partial charge on any atom is 0.251 e. The molecule has 0 atom stereocenters. The molecule has 100 valence electrons. The Hall–Kier alpha value is -1.88. The summed E-state index contributed by atoms with van der Waals surface area (Å²) in [4.78, 5) is 12.1. The van der Waals surface area contributed by atoms with Gasteiger partial charge in [-0.05, 0) is 25.0 Å². The molecule has 1 aromatic carbocycles. The molecule has 3 rings (SSSR count). The highest BCUT2D eigenvalue weighted by atomic mass is 16.3. The summed E-state index contributed by atoms with van der Waals surface area (Å²) < 4.78 is 0. The summed E-state index contributed by atoms with van der Waals surface area (Å²) in [6.45, 7) is 0.326. The van der Waals surface area contributed by atoms with Crippen molar-refractivity contribution in [2.24, 2.45) is 0 Å². The second-order valence-electron chi connectivity index (χ2n) is 5.29. The number of hydrogen-bond acceptors (Lipinski definition) is 3. The van der Waals surface area contributed by atoms with Gasteiger partial charge in [0.15, 0.2) is 0 Å². The lowest BCUT2D eigenvalue weighted by molar-refractivity contribution is 0.0449. The molecule has 0 spiro atoms. The molecule has 0 unspecified atom stereocenters. The molecular formula is C14H17N3O2. The van der Waals surface area contributed by atoms with Crippen LogP contribution in [0.15, 0.2) is 24.4 Å². The van der Waals surface area contributed by atoms with Crippen molar-refractivity contribution in [3.63, 3.8) is 0 Å². The zero-order valence-electron chi connectivity index (χ0n) is 10.6. The van der Waals surface area contributed by atoms with Gasteiger partial charge in [-0.1, -0.05) is 18.9 Å². The third kappa shape index (κ3) is 2.46. The van der Waals surface area contributed by atoms with Crippen molar-refractivity contribution in [1.82, 2.24) is 15.5 Å². The van der Waals surface area contributed by atoms with Crippen LogP contribution in [-0.2, 0) is 0 Å². The van der Waals surface area contributed by atoms with Crippen molar-refractivity contribution >= 4 is 16.8 Å². The topological polar surface area (TPSA) is 78.0 Å². The van der Waals surface area contributed by atoms with Crippen LogP contribution >= 0.6 is 0 Å². The van der Waals surface area contributed by atoms with Crippen LogP contribution < -0.4 is 5.32 Å². The summed E-state index contributed by atoms with van der Waals surface area (Å²) in [7, 11) is 0. The fraction of sp³-hybridized carbons (Fsp3) is 0.429. The summed E-state index contributed by atoms with van der Waals surface area (Å²) in [5.74, 6) is -0.156. The van der Waals surface area contributed by atoms with Crippen LogP contribution in [0.5, 0.6) is 0 Å². The number of H-pyrrole nitrogens is 1. The average Bonchev–Trinajstić information content (AvgIpc) is 3.04. The van der Waals surface area contributed by atoms with E-state index in [4.69, 9.17) is 0 Å². The Morgan fingerprint density at radius 1 is 1.42 bits per heavy atom. The first-order valence-corrected chi connectivity index (χ1v) is 6.60. The number of nitrogens with one attached hydrogen (secondary N) is 2. The number of aliphatic hydroxyl groups is 1. The van der Waals surface area contributed by atoms with E-state index in [9.17, 15) is 9.90 Å². The van der Waals surface area contributed by atoms with Crippen molar-refractivity contribution in [3.8, 4) is 0 Å². The monoisotopic (exact) mass is 259 g/mol. The van der Waals surface area contributed by atoms with Gasteiger partial charge in [-0.25, -0.2) is 0 Å². The quantitative estimate of drug-likeness (QED) is 0.783. The molecule has 0 radical (unpaired) electrons. The maximum absolute atomic E-state index is 12.1. The van der Waals surface area contributed by atoms with E-state index in [-0.39, 0.29) is 5.91 Å². The molecule has 1 heterocycles. The van der Waals surface area contributed by atoms with Crippen LogP contribution in [-0.4, -0.2) is 33.4 Å². The number of nitrogens with zero attached hydrogens (tertiary/aromatic N) is 1. The molecule has 0 saturated heterocycles. The molecule has 1 saturated carbocycles. The van der Waals surface area contributed by atoms with Crippen LogP contribution in [0.1, 0.15) is 36.0 Å². The van der Waals surface area contributed by atoms with Gasteiger partial charge < -0.3 is 10.4 Å². The van der Waals surface area contributed by atoms with Gasteiger partial charge >= 0.3 is 0 Å². The van der Waals surface area contributed by atoms with E-state index in [0.717, 1.165) is 36.6 Å². The maximum atomic E-state index is 12.1. The third-order valence-corrected chi connectivity index (χ3v) is 3.82. The zero-order valence-corrected chi connectivity index (χ0v) is 10.6. The van der Waals surface area contributed by atoms with E-state index in [2.05, 4.69) is 15.5 Å². The van der Waals surface area contributed by atoms with Gasteiger partial charge in [0.1, 0.15) is 0 Å². The molecule has 2 aromatic rings. The zero-order chi connectivity index (χ0) is 13.3. The largest absolute Gasteiger partial charge is 0.388 e. The first-order chi connectivity index (χ1) is 9.16.